The van der Waals surface area contributed by atoms with Gasteiger partial charge in [0.15, 0.2) is 0 Å². The molecule has 0 aromatic rings. The van der Waals surface area contributed by atoms with Crippen molar-refractivity contribution in [3.8, 4) is 0 Å². The second kappa shape index (κ2) is 4.40. The minimum Gasteiger partial charge on any atom is -0.381 e. The van der Waals surface area contributed by atoms with Crippen molar-refractivity contribution in [2.45, 2.75) is 25.3 Å². The van der Waals surface area contributed by atoms with Crippen LogP contribution >= 0.6 is 0 Å². The van der Waals surface area contributed by atoms with Gasteiger partial charge in [0.2, 0.25) is 0 Å². The van der Waals surface area contributed by atoms with Gasteiger partial charge in [-0.05, 0) is 37.6 Å². The van der Waals surface area contributed by atoms with Crippen molar-refractivity contribution in [3.05, 3.63) is 0 Å². The molecule has 76 valence electrons. The highest BCUT2D eigenvalue weighted by molar-refractivity contribution is 4.83. The second-order valence-corrected chi connectivity index (χ2v) is 4.36. The lowest BCUT2D eigenvalue weighted by Gasteiger charge is -2.35. The van der Waals surface area contributed by atoms with Crippen LogP contribution in [-0.2, 0) is 4.74 Å². The molecule has 0 aromatic heterocycles. The highest BCUT2D eigenvalue weighted by Gasteiger charge is 2.27. The van der Waals surface area contributed by atoms with E-state index in [2.05, 4.69) is 5.32 Å². The predicted molar refractivity (Wildman–Crippen MR) is 52.5 cm³/mol. The number of rotatable bonds is 1. The Morgan fingerprint density at radius 3 is 2.54 bits per heavy atom. The molecular formula is C10H20N2O. The van der Waals surface area contributed by atoms with Crippen LogP contribution in [0.3, 0.4) is 0 Å². The fourth-order valence-electron chi connectivity index (χ4n) is 2.56. The molecule has 2 heterocycles. The van der Waals surface area contributed by atoms with Crippen LogP contribution in [0.2, 0.25) is 0 Å². The van der Waals surface area contributed by atoms with Crippen LogP contribution in [0.4, 0.5) is 0 Å². The van der Waals surface area contributed by atoms with Gasteiger partial charge in [-0.15, -0.1) is 0 Å². The standard InChI is InChI=1S/C10H20N2O/c11-10-5-9(6-12-7-10)8-1-3-13-4-2-8/h8-10,12H,1-7,11H2. The first-order chi connectivity index (χ1) is 6.36. The molecule has 3 heteroatoms. The van der Waals surface area contributed by atoms with Crippen molar-refractivity contribution < 1.29 is 4.74 Å². The van der Waals surface area contributed by atoms with Crippen LogP contribution in [0.15, 0.2) is 0 Å². The fourth-order valence-corrected chi connectivity index (χ4v) is 2.56. The first kappa shape index (κ1) is 9.44. The van der Waals surface area contributed by atoms with Gasteiger partial charge in [-0.1, -0.05) is 0 Å². The minimum absolute atomic E-state index is 0.376. The van der Waals surface area contributed by atoms with E-state index >= 15 is 0 Å². The maximum atomic E-state index is 5.94. The Kier molecular flexibility index (Phi) is 3.19. The molecule has 2 rings (SSSR count). The normalized spacial score (nSPS) is 37.6. The first-order valence-corrected chi connectivity index (χ1v) is 5.40. The summed E-state index contributed by atoms with van der Waals surface area (Å²) in [6.45, 7) is 4.07. The monoisotopic (exact) mass is 184 g/mol. The zero-order valence-electron chi connectivity index (χ0n) is 8.17. The van der Waals surface area contributed by atoms with Gasteiger partial charge >= 0.3 is 0 Å². The number of nitrogens with one attached hydrogen (secondary N) is 1. The molecule has 2 unspecified atom stereocenters. The Labute approximate surface area is 80.0 Å². The maximum absolute atomic E-state index is 5.94. The molecule has 0 bridgehead atoms. The Bertz CT molecular complexity index is 157. The van der Waals surface area contributed by atoms with Gasteiger partial charge in [0.25, 0.3) is 0 Å². The van der Waals surface area contributed by atoms with E-state index in [1.54, 1.807) is 0 Å². The van der Waals surface area contributed by atoms with Crippen LogP contribution in [0.1, 0.15) is 19.3 Å². The summed E-state index contributed by atoms with van der Waals surface area (Å²) < 4.78 is 5.37. The zero-order valence-corrected chi connectivity index (χ0v) is 8.17. The Balaban J connectivity index is 1.83. The van der Waals surface area contributed by atoms with E-state index < -0.39 is 0 Å². The molecular weight excluding hydrogens is 164 g/mol. The molecule has 0 saturated carbocycles. The minimum atomic E-state index is 0.376. The number of piperidine rings is 1. The van der Waals surface area contributed by atoms with E-state index in [1.165, 1.54) is 25.8 Å². The van der Waals surface area contributed by atoms with Gasteiger partial charge in [-0.3, -0.25) is 0 Å². The van der Waals surface area contributed by atoms with E-state index in [4.69, 9.17) is 10.5 Å². The molecule has 2 fully saturated rings. The summed E-state index contributed by atoms with van der Waals surface area (Å²) >= 11 is 0. The lowest BCUT2D eigenvalue weighted by molar-refractivity contribution is 0.0403. The molecule has 3 nitrogen and oxygen atoms in total. The molecule has 0 radical (unpaired) electrons. The summed E-state index contributed by atoms with van der Waals surface area (Å²) in [7, 11) is 0. The summed E-state index contributed by atoms with van der Waals surface area (Å²) in [5.74, 6) is 1.65. The molecule has 2 aliphatic rings. The molecule has 13 heavy (non-hydrogen) atoms. The molecule has 0 amide bonds. The van der Waals surface area contributed by atoms with Crippen LogP contribution in [0, 0.1) is 11.8 Å². The zero-order chi connectivity index (χ0) is 9.10. The fraction of sp³-hybridized carbons (Fsp3) is 1.00. The van der Waals surface area contributed by atoms with Crippen molar-refractivity contribution in [2.75, 3.05) is 26.3 Å². The third kappa shape index (κ3) is 2.42. The number of hydrogen-bond donors (Lipinski definition) is 2. The summed E-state index contributed by atoms with van der Waals surface area (Å²) in [6, 6.07) is 0.376. The summed E-state index contributed by atoms with van der Waals surface area (Å²) in [5, 5.41) is 3.42. The van der Waals surface area contributed by atoms with E-state index in [0.717, 1.165) is 31.6 Å². The largest absolute Gasteiger partial charge is 0.381 e. The predicted octanol–water partition coefficient (Wildman–Crippen LogP) is 0.350. The third-order valence-electron chi connectivity index (χ3n) is 3.35. The van der Waals surface area contributed by atoms with E-state index in [0.29, 0.717) is 6.04 Å². The molecule has 2 atom stereocenters. The number of ether oxygens (including phenoxy) is 1. The lowest BCUT2D eigenvalue weighted by Crippen LogP contribution is -2.46. The van der Waals surface area contributed by atoms with Crippen molar-refractivity contribution >= 4 is 0 Å². The van der Waals surface area contributed by atoms with E-state index in [1.807, 2.05) is 0 Å². The molecule has 2 aliphatic heterocycles. The number of nitrogens with two attached hydrogens (primary N) is 1. The summed E-state index contributed by atoms with van der Waals surface area (Å²) in [5.41, 5.74) is 5.94. The quantitative estimate of drug-likeness (QED) is 0.618. The van der Waals surface area contributed by atoms with E-state index in [-0.39, 0.29) is 0 Å². The molecule has 0 spiro atoms. The van der Waals surface area contributed by atoms with Crippen LogP contribution < -0.4 is 11.1 Å². The molecule has 3 N–H and O–H groups in total. The van der Waals surface area contributed by atoms with Crippen LogP contribution in [0.25, 0.3) is 0 Å². The van der Waals surface area contributed by atoms with Crippen molar-refractivity contribution in [1.29, 1.82) is 0 Å². The van der Waals surface area contributed by atoms with Crippen LogP contribution in [0.5, 0.6) is 0 Å². The van der Waals surface area contributed by atoms with E-state index in [9.17, 15) is 0 Å². The smallest absolute Gasteiger partial charge is 0.0468 e. The Morgan fingerprint density at radius 2 is 1.85 bits per heavy atom. The molecule has 0 aromatic carbocycles. The van der Waals surface area contributed by atoms with Gasteiger partial charge in [0.05, 0.1) is 0 Å². The van der Waals surface area contributed by atoms with Crippen molar-refractivity contribution in [1.82, 2.24) is 5.32 Å². The topological polar surface area (TPSA) is 47.3 Å². The van der Waals surface area contributed by atoms with Gasteiger partial charge in [-0.2, -0.15) is 0 Å². The maximum Gasteiger partial charge on any atom is 0.0468 e. The summed E-state index contributed by atoms with van der Waals surface area (Å²) in [4.78, 5) is 0. The average Bonchev–Trinajstić information content (AvgIpc) is 2.19. The number of hydrogen-bond acceptors (Lipinski definition) is 3. The Hall–Kier alpha value is -0.120. The Morgan fingerprint density at radius 1 is 1.08 bits per heavy atom. The molecule has 0 aliphatic carbocycles. The van der Waals surface area contributed by atoms with Crippen molar-refractivity contribution in [3.63, 3.8) is 0 Å². The van der Waals surface area contributed by atoms with Gasteiger partial charge < -0.3 is 15.8 Å². The van der Waals surface area contributed by atoms with Crippen LogP contribution in [-0.4, -0.2) is 32.3 Å². The highest BCUT2D eigenvalue weighted by atomic mass is 16.5. The third-order valence-corrected chi connectivity index (χ3v) is 3.35. The first-order valence-electron chi connectivity index (χ1n) is 5.40. The average molecular weight is 184 g/mol. The van der Waals surface area contributed by atoms with Gasteiger partial charge in [0, 0.05) is 25.8 Å². The second-order valence-electron chi connectivity index (χ2n) is 4.36. The SMILES string of the molecule is NC1CNCC(C2CCOCC2)C1. The lowest BCUT2D eigenvalue weighted by atomic mass is 9.80. The highest BCUT2D eigenvalue weighted by Crippen LogP contribution is 2.27. The van der Waals surface area contributed by atoms with Gasteiger partial charge in [-0.25, -0.2) is 0 Å². The van der Waals surface area contributed by atoms with Gasteiger partial charge in [0.1, 0.15) is 0 Å². The summed E-state index contributed by atoms with van der Waals surface area (Å²) in [6.07, 6.45) is 3.68. The molecule has 2 saturated heterocycles. The van der Waals surface area contributed by atoms with Crippen molar-refractivity contribution in [2.24, 2.45) is 17.6 Å².